The minimum atomic E-state index is -1.43. The third kappa shape index (κ3) is 3.27. The highest BCUT2D eigenvalue weighted by molar-refractivity contribution is 6.30. The number of aromatic nitrogens is 1. The zero-order valence-corrected chi connectivity index (χ0v) is 17.0. The number of aliphatic carboxylic acids is 1. The average Bonchev–Trinajstić information content (AvgIpc) is 2.98. The lowest BCUT2D eigenvalue weighted by Crippen LogP contribution is -2.33. The van der Waals surface area contributed by atoms with Gasteiger partial charge < -0.3 is 10.2 Å². The van der Waals surface area contributed by atoms with Crippen molar-refractivity contribution in [2.75, 3.05) is 0 Å². The molecule has 0 saturated heterocycles. The second-order valence-corrected chi connectivity index (χ2v) is 7.72. The molecule has 0 fully saturated rings. The minimum Gasteiger partial charge on any atom is -0.505 e. The number of phenols is 1. The number of carboxylic acids is 1. The molecule has 0 aliphatic heterocycles. The molecule has 3 rings (SSSR count). The van der Waals surface area contributed by atoms with Crippen molar-refractivity contribution in [1.82, 2.24) is 4.57 Å². The van der Waals surface area contributed by atoms with E-state index in [4.69, 9.17) is 11.6 Å². The lowest BCUT2D eigenvalue weighted by Gasteiger charge is -2.25. The van der Waals surface area contributed by atoms with E-state index in [9.17, 15) is 19.8 Å². The predicted octanol–water partition coefficient (Wildman–Crippen LogP) is 5.28. The van der Waals surface area contributed by atoms with Crippen molar-refractivity contribution in [1.29, 1.82) is 0 Å². The van der Waals surface area contributed by atoms with Crippen LogP contribution >= 0.6 is 11.6 Å². The molecule has 0 saturated carbocycles. The van der Waals surface area contributed by atoms with Crippen LogP contribution in [0.15, 0.2) is 36.4 Å². The first kappa shape index (κ1) is 20.9. The molecule has 2 aromatic carbocycles. The number of hydrogen-bond acceptors (Lipinski definition) is 3. The molecule has 3 aromatic rings. The third-order valence-corrected chi connectivity index (χ3v) is 5.61. The van der Waals surface area contributed by atoms with Crippen LogP contribution in [0.5, 0.6) is 5.75 Å². The number of benzene rings is 2. The van der Waals surface area contributed by atoms with Crippen LogP contribution in [0.25, 0.3) is 10.9 Å². The van der Waals surface area contributed by atoms with Crippen molar-refractivity contribution in [3.63, 3.8) is 0 Å². The quantitative estimate of drug-likeness (QED) is 0.592. The fourth-order valence-electron chi connectivity index (χ4n) is 3.95. The number of aromatic hydroxyl groups is 1. The molecule has 5 nitrogen and oxygen atoms in total. The molecule has 152 valence electrons. The molecule has 2 N–H and O–H groups in total. The maximum absolute atomic E-state index is 15.0. The highest BCUT2D eigenvalue weighted by Gasteiger charge is 2.41. The lowest BCUT2D eigenvalue weighted by molar-refractivity contribution is -0.143. The van der Waals surface area contributed by atoms with Crippen LogP contribution in [0.3, 0.4) is 0 Å². The van der Waals surface area contributed by atoms with Gasteiger partial charge in [-0.05, 0) is 56.7 Å². The Morgan fingerprint density at radius 1 is 1.17 bits per heavy atom. The second-order valence-electron chi connectivity index (χ2n) is 7.29. The molecule has 0 unspecified atom stereocenters. The van der Waals surface area contributed by atoms with E-state index >= 15 is 4.39 Å². The molecule has 0 aliphatic carbocycles. The predicted molar refractivity (Wildman–Crippen MR) is 109 cm³/mol. The topological polar surface area (TPSA) is 79.5 Å². The molecular formula is C22H21ClFNO4. The van der Waals surface area contributed by atoms with Gasteiger partial charge in [0.1, 0.15) is 0 Å². The van der Waals surface area contributed by atoms with Crippen LogP contribution in [0, 0.1) is 12.7 Å². The normalized spacial score (nSPS) is 13.4. The minimum absolute atomic E-state index is 0.0526. The Balaban J connectivity index is 2.40. The van der Waals surface area contributed by atoms with Gasteiger partial charge in [0.2, 0.25) is 0 Å². The number of carboxylic acid groups (broad SMARTS) is 1. The standard InChI is InChI=1S/C22H21ClFNO4/c1-4-11-22(3,21(28)29)18-12(2)25(15-9-10-16(26)19(24)17(15)18)20(27)13-5-7-14(23)8-6-13/h5-10,26H,4,11H2,1-3H3,(H,28,29)/t22-/m1/s1. The number of hydrogen-bond donors (Lipinski definition) is 2. The molecule has 7 heteroatoms. The van der Waals surface area contributed by atoms with Crippen LogP contribution in [0.2, 0.25) is 5.02 Å². The molecule has 0 radical (unpaired) electrons. The van der Waals surface area contributed by atoms with Gasteiger partial charge >= 0.3 is 5.97 Å². The van der Waals surface area contributed by atoms with Gasteiger partial charge in [0.25, 0.3) is 5.91 Å². The van der Waals surface area contributed by atoms with Crippen molar-refractivity contribution in [3.05, 3.63) is 64.1 Å². The number of phenolic OH excluding ortho intramolecular Hbond substituents is 1. The van der Waals surface area contributed by atoms with Crippen molar-refractivity contribution in [2.24, 2.45) is 0 Å². The number of nitrogens with zero attached hydrogens (tertiary/aromatic N) is 1. The molecule has 0 bridgehead atoms. The fourth-order valence-corrected chi connectivity index (χ4v) is 4.08. The van der Waals surface area contributed by atoms with Crippen LogP contribution in [-0.4, -0.2) is 26.7 Å². The van der Waals surface area contributed by atoms with Crippen molar-refractivity contribution < 1.29 is 24.2 Å². The van der Waals surface area contributed by atoms with Gasteiger partial charge in [-0.2, -0.15) is 0 Å². The Labute approximate surface area is 172 Å². The highest BCUT2D eigenvalue weighted by Crippen LogP contribution is 2.42. The van der Waals surface area contributed by atoms with E-state index in [2.05, 4.69) is 0 Å². The maximum atomic E-state index is 15.0. The first-order valence-corrected chi connectivity index (χ1v) is 9.57. The Bertz CT molecular complexity index is 1120. The summed E-state index contributed by atoms with van der Waals surface area (Å²) in [4.78, 5) is 25.4. The highest BCUT2D eigenvalue weighted by atomic mass is 35.5. The number of carbonyl (C=O) groups excluding carboxylic acids is 1. The fraction of sp³-hybridized carbons (Fsp3) is 0.273. The van der Waals surface area contributed by atoms with Gasteiger partial charge in [-0.1, -0.05) is 24.9 Å². The zero-order valence-electron chi connectivity index (χ0n) is 16.3. The second kappa shape index (κ2) is 7.52. The van der Waals surface area contributed by atoms with E-state index in [1.54, 1.807) is 31.2 Å². The molecule has 1 atom stereocenters. The Kier molecular flexibility index (Phi) is 5.41. The zero-order chi connectivity index (χ0) is 21.5. The van der Waals surface area contributed by atoms with E-state index in [-0.39, 0.29) is 22.9 Å². The SMILES string of the molecule is CCC[C@@](C)(C(=O)O)c1c(C)n(C(=O)c2ccc(Cl)cc2)c2ccc(O)c(F)c12. The van der Waals surface area contributed by atoms with E-state index in [0.717, 1.165) is 6.07 Å². The van der Waals surface area contributed by atoms with Crippen LogP contribution in [0.4, 0.5) is 4.39 Å². The number of fused-ring (bicyclic) bond motifs is 1. The van der Waals surface area contributed by atoms with E-state index in [1.807, 2.05) is 6.92 Å². The summed E-state index contributed by atoms with van der Waals surface area (Å²) in [5.41, 5.74) is -0.393. The van der Waals surface area contributed by atoms with Crippen molar-refractivity contribution in [3.8, 4) is 5.75 Å². The summed E-state index contributed by atoms with van der Waals surface area (Å²) in [6, 6.07) is 8.82. The lowest BCUT2D eigenvalue weighted by atomic mass is 9.77. The summed E-state index contributed by atoms with van der Waals surface area (Å²) in [5, 5.41) is 20.3. The van der Waals surface area contributed by atoms with Crippen LogP contribution in [-0.2, 0) is 10.2 Å². The van der Waals surface area contributed by atoms with Gasteiger partial charge in [-0.3, -0.25) is 14.2 Å². The van der Waals surface area contributed by atoms with Gasteiger partial charge in [0.15, 0.2) is 11.6 Å². The maximum Gasteiger partial charge on any atom is 0.313 e. The van der Waals surface area contributed by atoms with Gasteiger partial charge in [-0.25, -0.2) is 4.39 Å². The van der Waals surface area contributed by atoms with Crippen LogP contribution in [0.1, 0.15) is 48.3 Å². The molecule has 0 spiro atoms. The number of rotatable bonds is 5. The molecule has 1 aromatic heterocycles. The summed E-state index contributed by atoms with van der Waals surface area (Å²) in [6.45, 7) is 4.94. The molecule has 0 amide bonds. The average molecular weight is 418 g/mol. The van der Waals surface area contributed by atoms with Gasteiger partial charge in [0.05, 0.1) is 10.9 Å². The summed E-state index contributed by atoms with van der Waals surface area (Å²) in [6.07, 6.45) is 0.785. The summed E-state index contributed by atoms with van der Waals surface area (Å²) >= 11 is 5.90. The Hall–Kier alpha value is -2.86. The smallest absolute Gasteiger partial charge is 0.313 e. The molecular weight excluding hydrogens is 397 g/mol. The summed E-state index contributed by atoms with van der Waals surface area (Å²) in [5.74, 6) is -3.10. The van der Waals surface area contributed by atoms with E-state index in [0.29, 0.717) is 22.7 Å². The Morgan fingerprint density at radius 2 is 1.79 bits per heavy atom. The molecule has 0 aliphatic rings. The monoisotopic (exact) mass is 417 g/mol. The number of carbonyl (C=O) groups is 2. The van der Waals surface area contributed by atoms with Crippen LogP contribution < -0.4 is 0 Å². The van der Waals surface area contributed by atoms with Gasteiger partial charge in [0, 0.05) is 27.2 Å². The molecule has 1 heterocycles. The first-order valence-electron chi connectivity index (χ1n) is 9.20. The largest absolute Gasteiger partial charge is 0.505 e. The first-order chi connectivity index (χ1) is 13.6. The summed E-state index contributed by atoms with van der Waals surface area (Å²) < 4.78 is 16.3. The Morgan fingerprint density at radius 3 is 2.34 bits per heavy atom. The third-order valence-electron chi connectivity index (χ3n) is 5.36. The summed E-state index contributed by atoms with van der Waals surface area (Å²) in [7, 11) is 0. The van der Waals surface area contributed by atoms with Gasteiger partial charge in [-0.15, -0.1) is 0 Å². The van der Waals surface area contributed by atoms with Crippen molar-refractivity contribution in [2.45, 2.75) is 39.0 Å². The van der Waals surface area contributed by atoms with Crippen molar-refractivity contribution >= 4 is 34.4 Å². The number of halogens is 2. The molecule has 29 heavy (non-hydrogen) atoms. The van der Waals surface area contributed by atoms with E-state index in [1.165, 1.54) is 17.6 Å². The van der Waals surface area contributed by atoms with E-state index < -0.39 is 28.9 Å².